The number of fused-ring (bicyclic) bond motifs is 1. The average molecular weight is 315 g/mol. The van der Waals surface area contributed by atoms with Gasteiger partial charge in [-0.3, -0.25) is 0 Å². The van der Waals surface area contributed by atoms with E-state index >= 15 is 0 Å². The normalized spacial score (nSPS) is 18.7. The predicted molar refractivity (Wildman–Crippen MR) is 84.6 cm³/mol. The maximum atomic E-state index is 5.89. The predicted octanol–water partition coefficient (Wildman–Crippen LogP) is 3.85. The van der Waals surface area contributed by atoms with Crippen LogP contribution in [-0.2, 0) is 4.74 Å². The highest BCUT2D eigenvalue weighted by Crippen LogP contribution is 2.29. The molecule has 0 saturated carbocycles. The molecule has 1 aliphatic heterocycles. The summed E-state index contributed by atoms with van der Waals surface area (Å²) in [4.78, 5) is 8.20. The largest absolute Gasteiger partial charge is 0.356 e. The van der Waals surface area contributed by atoms with E-state index in [9.17, 15) is 0 Å². The molecule has 0 bridgehead atoms. The lowest BCUT2D eigenvalue weighted by atomic mass is 10.1. The molecule has 1 unspecified atom stereocenters. The van der Waals surface area contributed by atoms with Gasteiger partial charge in [0.05, 0.1) is 17.4 Å². The second-order valence-electron chi connectivity index (χ2n) is 5.39. The lowest BCUT2D eigenvalue weighted by Crippen LogP contribution is -2.18. The number of hydrogen-bond acceptors (Lipinski definition) is 4. The van der Waals surface area contributed by atoms with Crippen LogP contribution < -0.4 is 0 Å². The van der Waals surface area contributed by atoms with E-state index in [4.69, 9.17) is 16.3 Å². The van der Waals surface area contributed by atoms with Crippen LogP contribution in [0.2, 0.25) is 5.28 Å². The molecule has 0 amide bonds. The first kappa shape index (κ1) is 13.7. The molecule has 22 heavy (non-hydrogen) atoms. The van der Waals surface area contributed by atoms with Gasteiger partial charge in [-0.05, 0) is 43.0 Å². The lowest BCUT2D eigenvalue weighted by Gasteiger charge is -2.23. The summed E-state index contributed by atoms with van der Waals surface area (Å²) in [6, 6.07) is 8.01. The van der Waals surface area contributed by atoms with Gasteiger partial charge in [-0.15, -0.1) is 0 Å². The summed E-state index contributed by atoms with van der Waals surface area (Å²) in [7, 11) is 0. The topological polar surface area (TPSA) is 52.8 Å². The fourth-order valence-corrected chi connectivity index (χ4v) is 2.99. The van der Waals surface area contributed by atoms with Gasteiger partial charge in [0, 0.05) is 23.8 Å². The van der Waals surface area contributed by atoms with Crippen molar-refractivity contribution in [1.29, 1.82) is 0 Å². The SMILES string of the molecule is Clc1nccc(-c2ccc3cnn(C4CCCCO4)c3c2)n1. The Morgan fingerprint density at radius 1 is 1.23 bits per heavy atom. The molecule has 5 nitrogen and oxygen atoms in total. The van der Waals surface area contributed by atoms with Crippen molar-refractivity contribution in [3.63, 3.8) is 0 Å². The van der Waals surface area contributed by atoms with Crippen LogP contribution in [0.5, 0.6) is 0 Å². The smallest absolute Gasteiger partial charge is 0.222 e. The Hall–Kier alpha value is -1.98. The summed E-state index contributed by atoms with van der Waals surface area (Å²) in [5.74, 6) is 0. The van der Waals surface area contributed by atoms with Gasteiger partial charge in [-0.1, -0.05) is 12.1 Å². The number of aromatic nitrogens is 4. The van der Waals surface area contributed by atoms with Crippen LogP contribution in [0.15, 0.2) is 36.7 Å². The maximum Gasteiger partial charge on any atom is 0.222 e. The monoisotopic (exact) mass is 314 g/mol. The minimum Gasteiger partial charge on any atom is -0.356 e. The molecule has 3 heterocycles. The Balaban J connectivity index is 1.79. The van der Waals surface area contributed by atoms with E-state index in [-0.39, 0.29) is 11.5 Å². The Bertz CT molecular complexity index is 811. The quantitative estimate of drug-likeness (QED) is 0.674. The highest BCUT2D eigenvalue weighted by atomic mass is 35.5. The van der Waals surface area contributed by atoms with Crippen molar-refractivity contribution >= 4 is 22.5 Å². The molecule has 0 radical (unpaired) electrons. The van der Waals surface area contributed by atoms with Crippen LogP contribution in [0.25, 0.3) is 22.2 Å². The second kappa shape index (κ2) is 5.66. The number of hydrogen-bond donors (Lipinski definition) is 0. The van der Waals surface area contributed by atoms with Crippen molar-refractivity contribution in [3.8, 4) is 11.3 Å². The van der Waals surface area contributed by atoms with Gasteiger partial charge in [0.1, 0.15) is 0 Å². The summed E-state index contributed by atoms with van der Waals surface area (Å²) < 4.78 is 7.82. The Labute approximate surface area is 132 Å². The average Bonchev–Trinajstić information content (AvgIpc) is 2.99. The molecule has 1 fully saturated rings. The van der Waals surface area contributed by atoms with Crippen LogP contribution in [0, 0.1) is 0 Å². The van der Waals surface area contributed by atoms with Crippen molar-refractivity contribution in [2.24, 2.45) is 0 Å². The number of nitrogens with zero attached hydrogens (tertiary/aromatic N) is 4. The van der Waals surface area contributed by atoms with E-state index in [2.05, 4.69) is 21.1 Å². The Morgan fingerprint density at radius 2 is 2.18 bits per heavy atom. The number of benzene rings is 1. The number of rotatable bonds is 2. The molecule has 1 saturated heterocycles. The van der Waals surface area contributed by atoms with Gasteiger partial charge in [0.2, 0.25) is 5.28 Å². The zero-order chi connectivity index (χ0) is 14.9. The molecule has 1 atom stereocenters. The van der Waals surface area contributed by atoms with Crippen molar-refractivity contribution in [2.45, 2.75) is 25.5 Å². The minimum atomic E-state index is 0.0236. The number of ether oxygens (including phenoxy) is 1. The third-order valence-electron chi connectivity index (χ3n) is 3.95. The molecule has 0 N–H and O–H groups in total. The molecule has 0 aliphatic carbocycles. The van der Waals surface area contributed by atoms with Gasteiger partial charge < -0.3 is 4.74 Å². The Morgan fingerprint density at radius 3 is 3.00 bits per heavy atom. The highest BCUT2D eigenvalue weighted by molar-refractivity contribution is 6.28. The minimum absolute atomic E-state index is 0.0236. The molecule has 4 rings (SSSR count). The number of halogens is 1. The standard InChI is InChI=1S/C16H15ClN4O/c17-16-18-7-6-13(20-16)11-4-5-12-10-19-21(14(12)9-11)15-3-1-2-8-22-15/h4-7,9-10,15H,1-3,8H2. The lowest BCUT2D eigenvalue weighted by molar-refractivity contribution is -0.0366. The molecule has 6 heteroatoms. The molecule has 1 aliphatic rings. The van der Waals surface area contributed by atoms with Gasteiger partial charge in [-0.25, -0.2) is 14.6 Å². The molecule has 1 aromatic carbocycles. The van der Waals surface area contributed by atoms with Gasteiger partial charge in [-0.2, -0.15) is 5.10 Å². The third kappa shape index (κ3) is 2.46. The first-order valence-electron chi connectivity index (χ1n) is 7.39. The highest BCUT2D eigenvalue weighted by Gasteiger charge is 2.18. The van der Waals surface area contributed by atoms with E-state index in [1.807, 2.05) is 29.1 Å². The van der Waals surface area contributed by atoms with Gasteiger partial charge >= 0.3 is 0 Å². The van der Waals surface area contributed by atoms with Crippen LogP contribution in [0.1, 0.15) is 25.5 Å². The first-order valence-corrected chi connectivity index (χ1v) is 7.77. The fourth-order valence-electron chi connectivity index (χ4n) is 2.84. The zero-order valence-corrected chi connectivity index (χ0v) is 12.7. The summed E-state index contributed by atoms with van der Waals surface area (Å²) in [5.41, 5.74) is 2.85. The van der Waals surface area contributed by atoms with Crippen LogP contribution in [0.3, 0.4) is 0 Å². The third-order valence-corrected chi connectivity index (χ3v) is 4.13. The summed E-state index contributed by atoms with van der Waals surface area (Å²) in [6.07, 6.45) is 6.87. The molecular weight excluding hydrogens is 300 g/mol. The van der Waals surface area contributed by atoms with Crippen molar-refractivity contribution in [2.75, 3.05) is 6.61 Å². The van der Waals surface area contributed by atoms with Crippen LogP contribution in [0.4, 0.5) is 0 Å². The summed E-state index contributed by atoms with van der Waals surface area (Å²) in [6.45, 7) is 0.799. The van der Waals surface area contributed by atoms with Crippen LogP contribution in [-0.4, -0.2) is 26.4 Å². The van der Waals surface area contributed by atoms with E-state index in [0.717, 1.165) is 41.6 Å². The van der Waals surface area contributed by atoms with Crippen molar-refractivity contribution < 1.29 is 4.74 Å². The van der Waals surface area contributed by atoms with E-state index in [1.54, 1.807) is 6.20 Å². The maximum absolute atomic E-state index is 5.89. The molecule has 3 aromatic rings. The fraction of sp³-hybridized carbons (Fsp3) is 0.312. The summed E-state index contributed by atoms with van der Waals surface area (Å²) >= 11 is 5.89. The van der Waals surface area contributed by atoms with Crippen molar-refractivity contribution in [3.05, 3.63) is 41.9 Å². The van der Waals surface area contributed by atoms with Gasteiger partial charge in [0.15, 0.2) is 6.23 Å². The second-order valence-corrected chi connectivity index (χ2v) is 5.73. The van der Waals surface area contributed by atoms with E-state index in [0.29, 0.717) is 0 Å². The molecule has 2 aromatic heterocycles. The van der Waals surface area contributed by atoms with Crippen molar-refractivity contribution in [1.82, 2.24) is 19.7 Å². The van der Waals surface area contributed by atoms with E-state index in [1.165, 1.54) is 6.42 Å². The van der Waals surface area contributed by atoms with Gasteiger partial charge in [0.25, 0.3) is 0 Å². The molecule has 112 valence electrons. The zero-order valence-electron chi connectivity index (χ0n) is 11.9. The first-order chi connectivity index (χ1) is 10.8. The Kier molecular flexibility index (Phi) is 3.52. The summed E-state index contributed by atoms with van der Waals surface area (Å²) in [5, 5.41) is 5.85. The molecular formula is C16H15ClN4O. The van der Waals surface area contributed by atoms with E-state index < -0.39 is 0 Å². The molecule has 0 spiro atoms. The van der Waals surface area contributed by atoms with Crippen LogP contribution >= 0.6 is 11.6 Å².